The van der Waals surface area contributed by atoms with Crippen LogP contribution >= 0.6 is 23.1 Å². The van der Waals surface area contributed by atoms with E-state index in [4.69, 9.17) is 0 Å². The van der Waals surface area contributed by atoms with Crippen LogP contribution in [-0.4, -0.2) is 23.5 Å². The Morgan fingerprint density at radius 2 is 2.50 bits per heavy atom. The molecule has 1 fully saturated rings. The third kappa shape index (κ3) is 2.97. The monoisotopic (exact) mass is 228 g/mol. The molecule has 0 unspecified atom stereocenters. The molecule has 14 heavy (non-hydrogen) atoms. The van der Waals surface area contributed by atoms with Crippen molar-refractivity contribution in [1.29, 1.82) is 0 Å². The van der Waals surface area contributed by atoms with Crippen LogP contribution in [0.4, 0.5) is 0 Å². The molecule has 0 aliphatic heterocycles. The number of thioether (sulfide) groups is 1. The Bertz CT molecular complexity index is 281. The van der Waals surface area contributed by atoms with Gasteiger partial charge in [0.15, 0.2) is 0 Å². The molecule has 1 heterocycles. The predicted molar refractivity (Wildman–Crippen MR) is 64.2 cm³/mol. The molecule has 0 spiro atoms. The summed E-state index contributed by atoms with van der Waals surface area (Å²) in [5.74, 6) is 1.99. The molecule has 0 aromatic carbocycles. The van der Waals surface area contributed by atoms with Crippen LogP contribution in [0.15, 0.2) is 5.38 Å². The zero-order valence-corrected chi connectivity index (χ0v) is 10.1. The van der Waals surface area contributed by atoms with E-state index in [1.54, 1.807) is 0 Å². The van der Waals surface area contributed by atoms with Crippen LogP contribution in [0.3, 0.4) is 0 Å². The lowest BCUT2D eigenvalue weighted by atomic mass is 10.4. The van der Waals surface area contributed by atoms with E-state index in [2.05, 4.69) is 21.9 Å². The molecular formula is C10H16N2S2. The molecule has 1 aromatic rings. The number of nitrogens with one attached hydrogen (secondary N) is 1. The lowest BCUT2D eigenvalue weighted by Crippen LogP contribution is -2.16. The fourth-order valence-corrected chi connectivity index (χ4v) is 2.65. The van der Waals surface area contributed by atoms with Gasteiger partial charge < -0.3 is 5.32 Å². The first-order valence-electron chi connectivity index (χ1n) is 5.04. The van der Waals surface area contributed by atoms with E-state index in [-0.39, 0.29) is 0 Å². The maximum absolute atomic E-state index is 4.62. The molecular weight excluding hydrogens is 212 g/mol. The fraction of sp³-hybridized carbons (Fsp3) is 0.700. The van der Waals surface area contributed by atoms with E-state index in [1.807, 2.05) is 23.1 Å². The molecule has 2 rings (SSSR count). The molecule has 2 nitrogen and oxygen atoms in total. The second kappa shape index (κ2) is 5.14. The molecule has 0 amide bonds. The van der Waals surface area contributed by atoms with Gasteiger partial charge in [-0.3, -0.25) is 0 Å². The van der Waals surface area contributed by atoms with Crippen LogP contribution in [0, 0.1) is 0 Å². The maximum atomic E-state index is 4.62. The van der Waals surface area contributed by atoms with Crippen LogP contribution in [0.2, 0.25) is 0 Å². The first kappa shape index (κ1) is 10.5. The Balaban J connectivity index is 1.72. The van der Waals surface area contributed by atoms with Gasteiger partial charge in [0.2, 0.25) is 0 Å². The topological polar surface area (TPSA) is 24.9 Å². The Morgan fingerprint density at radius 3 is 3.21 bits per heavy atom. The Labute approximate surface area is 93.5 Å². The molecule has 0 bridgehead atoms. The van der Waals surface area contributed by atoms with Crippen molar-refractivity contribution >= 4 is 23.1 Å². The van der Waals surface area contributed by atoms with Gasteiger partial charge >= 0.3 is 0 Å². The largest absolute Gasteiger partial charge is 0.310 e. The smallest absolute Gasteiger partial charge is 0.0959 e. The van der Waals surface area contributed by atoms with E-state index < -0.39 is 0 Å². The standard InChI is InChI=1S/C10H16N2S2/c1-13-5-4-11-6-9-7-14-10(12-9)8-2-3-8/h7-8,11H,2-6H2,1H3. The molecule has 0 atom stereocenters. The average Bonchev–Trinajstić information content (AvgIpc) is 2.94. The summed E-state index contributed by atoms with van der Waals surface area (Å²) in [4.78, 5) is 4.62. The molecule has 1 saturated carbocycles. The van der Waals surface area contributed by atoms with Crippen LogP contribution < -0.4 is 5.32 Å². The highest BCUT2D eigenvalue weighted by Crippen LogP contribution is 2.41. The first-order chi connectivity index (χ1) is 6.90. The minimum absolute atomic E-state index is 0.806. The van der Waals surface area contributed by atoms with Crippen LogP contribution in [-0.2, 0) is 6.54 Å². The van der Waals surface area contributed by atoms with Crippen molar-refractivity contribution in [2.24, 2.45) is 0 Å². The van der Waals surface area contributed by atoms with Gasteiger partial charge in [-0.2, -0.15) is 11.8 Å². The highest BCUT2D eigenvalue weighted by molar-refractivity contribution is 7.98. The minimum atomic E-state index is 0.806. The van der Waals surface area contributed by atoms with Crippen molar-refractivity contribution < 1.29 is 0 Å². The van der Waals surface area contributed by atoms with Gasteiger partial charge in [-0.1, -0.05) is 0 Å². The predicted octanol–water partition coefficient (Wildman–Crippen LogP) is 2.47. The van der Waals surface area contributed by atoms with E-state index >= 15 is 0 Å². The Kier molecular flexibility index (Phi) is 3.84. The van der Waals surface area contributed by atoms with Crippen LogP contribution in [0.1, 0.15) is 29.5 Å². The quantitative estimate of drug-likeness (QED) is 0.757. The van der Waals surface area contributed by atoms with Crippen LogP contribution in [0.25, 0.3) is 0 Å². The summed E-state index contributed by atoms with van der Waals surface area (Å²) >= 11 is 3.70. The summed E-state index contributed by atoms with van der Waals surface area (Å²) in [6.07, 6.45) is 4.84. The first-order valence-corrected chi connectivity index (χ1v) is 7.31. The number of thiazole rings is 1. The number of rotatable bonds is 6. The van der Waals surface area contributed by atoms with Crippen molar-refractivity contribution in [2.45, 2.75) is 25.3 Å². The van der Waals surface area contributed by atoms with Crippen molar-refractivity contribution in [1.82, 2.24) is 10.3 Å². The molecule has 0 saturated heterocycles. The third-order valence-corrected chi connectivity index (χ3v) is 3.95. The van der Waals surface area contributed by atoms with Crippen LogP contribution in [0.5, 0.6) is 0 Å². The second-order valence-corrected chi connectivity index (χ2v) is 5.50. The highest BCUT2D eigenvalue weighted by Gasteiger charge is 2.26. The van der Waals surface area contributed by atoms with E-state index in [0.717, 1.165) is 19.0 Å². The van der Waals surface area contributed by atoms with Gasteiger partial charge in [0.25, 0.3) is 0 Å². The Morgan fingerprint density at radius 1 is 1.64 bits per heavy atom. The zero-order valence-electron chi connectivity index (χ0n) is 8.45. The SMILES string of the molecule is CSCCNCc1csc(C2CC2)n1. The lowest BCUT2D eigenvalue weighted by Gasteiger charge is -1.99. The number of nitrogens with zero attached hydrogens (tertiary/aromatic N) is 1. The molecule has 1 aliphatic carbocycles. The minimum Gasteiger partial charge on any atom is -0.310 e. The Hall–Kier alpha value is -0.0600. The normalized spacial score (nSPS) is 16.1. The molecule has 1 N–H and O–H groups in total. The van der Waals surface area contributed by atoms with Crippen molar-refractivity contribution in [3.8, 4) is 0 Å². The third-order valence-electron chi connectivity index (χ3n) is 2.29. The summed E-state index contributed by atoms with van der Waals surface area (Å²) in [7, 11) is 0. The lowest BCUT2D eigenvalue weighted by molar-refractivity contribution is 0.717. The van der Waals surface area contributed by atoms with Gasteiger partial charge in [-0.15, -0.1) is 11.3 Å². The van der Waals surface area contributed by atoms with Gasteiger partial charge in [0, 0.05) is 30.1 Å². The summed E-state index contributed by atoms with van der Waals surface area (Å²) in [5, 5.41) is 6.95. The van der Waals surface area contributed by atoms with Crippen molar-refractivity contribution in [2.75, 3.05) is 18.6 Å². The number of hydrogen-bond donors (Lipinski definition) is 1. The molecule has 78 valence electrons. The molecule has 0 radical (unpaired) electrons. The maximum Gasteiger partial charge on any atom is 0.0959 e. The fourth-order valence-electron chi connectivity index (χ4n) is 1.31. The summed E-state index contributed by atoms with van der Waals surface area (Å²) in [5.41, 5.74) is 1.22. The van der Waals surface area contributed by atoms with Gasteiger partial charge in [-0.25, -0.2) is 4.98 Å². The highest BCUT2D eigenvalue weighted by atomic mass is 32.2. The number of hydrogen-bond acceptors (Lipinski definition) is 4. The summed E-state index contributed by atoms with van der Waals surface area (Å²) < 4.78 is 0. The van der Waals surface area contributed by atoms with Gasteiger partial charge in [0.05, 0.1) is 10.7 Å². The van der Waals surface area contributed by atoms with E-state index in [1.165, 1.54) is 29.3 Å². The van der Waals surface area contributed by atoms with Crippen molar-refractivity contribution in [3.63, 3.8) is 0 Å². The average molecular weight is 228 g/mol. The van der Waals surface area contributed by atoms with Gasteiger partial charge in [0.1, 0.15) is 0 Å². The molecule has 1 aliphatic rings. The molecule has 4 heteroatoms. The van der Waals surface area contributed by atoms with E-state index in [9.17, 15) is 0 Å². The zero-order chi connectivity index (χ0) is 9.80. The molecule has 1 aromatic heterocycles. The van der Waals surface area contributed by atoms with Crippen molar-refractivity contribution in [3.05, 3.63) is 16.1 Å². The number of aromatic nitrogens is 1. The summed E-state index contributed by atoms with van der Waals surface area (Å²) in [6.45, 7) is 2.02. The second-order valence-electron chi connectivity index (χ2n) is 3.62. The van der Waals surface area contributed by atoms with Gasteiger partial charge in [-0.05, 0) is 19.1 Å². The van der Waals surface area contributed by atoms with E-state index in [0.29, 0.717) is 0 Å². The summed E-state index contributed by atoms with van der Waals surface area (Å²) in [6, 6.07) is 0.